The zero-order chi connectivity index (χ0) is 20.2. The molecule has 1 heterocycles. The lowest BCUT2D eigenvalue weighted by Crippen LogP contribution is -2.00. The lowest BCUT2D eigenvalue weighted by Gasteiger charge is -2.11. The van der Waals surface area contributed by atoms with Gasteiger partial charge in [0.2, 0.25) is 0 Å². The highest BCUT2D eigenvalue weighted by Gasteiger charge is 2.17. The van der Waals surface area contributed by atoms with Crippen LogP contribution in [0, 0.1) is 17.0 Å². The molecule has 3 aromatic carbocycles. The Balaban J connectivity index is 1.72. The van der Waals surface area contributed by atoms with Gasteiger partial charge < -0.3 is 0 Å². The molecular formula is C22H18N4O2S. The number of aryl methyl sites for hydroxylation is 1. The van der Waals surface area contributed by atoms with Gasteiger partial charge in [-0.15, -0.1) is 10.2 Å². The first kappa shape index (κ1) is 18.9. The fraction of sp³-hybridized carbons (Fsp3) is 0.0909. The van der Waals surface area contributed by atoms with Crippen LogP contribution in [0.2, 0.25) is 0 Å². The maximum absolute atomic E-state index is 11.0. The minimum absolute atomic E-state index is 0.0497. The molecule has 1 aromatic heterocycles. The van der Waals surface area contributed by atoms with Crippen molar-refractivity contribution in [1.82, 2.24) is 14.8 Å². The van der Waals surface area contributed by atoms with Crippen molar-refractivity contribution >= 4 is 17.4 Å². The zero-order valence-corrected chi connectivity index (χ0v) is 16.5. The first-order valence-corrected chi connectivity index (χ1v) is 10.0. The molecule has 0 aliphatic carbocycles. The summed E-state index contributed by atoms with van der Waals surface area (Å²) >= 11 is 1.61. The van der Waals surface area contributed by atoms with Crippen LogP contribution in [0.3, 0.4) is 0 Å². The third kappa shape index (κ3) is 4.05. The Labute approximate surface area is 172 Å². The summed E-state index contributed by atoms with van der Waals surface area (Å²) in [6, 6.07) is 24.5. The number of nitro groups is 1. The van der Waals surface area contributed by atoms with E-state index in [1.807, 2.05) is 47.0 Å². The van der Waals surface area contributed by atoms with Gasteiger partial charge in [-0.05, 0) is 42.3 Å². The number of hydrogen-bond donors (Lipinski definition) is 0. The Morgan fingerprint density at radius 1 is 0.931 bits per heavy atom. The number of benzene rings is 3. The number of para-hydroxylation sites is 1. The molecule has 0 N–H and O–H groups in total. The minimum Gasteiger partial charge on any atom is -0.270 e. The summed E-state index contributed by atoms with van der Waals surface area (Å²) in [4.78, 5) is 10.6. The van der Waals surface area contributed by atoms with Gasteiger partial charge in [-0.2, -0.15) is 0 Å². The predicted molar refractivity (Wildman–Crippen MR) is 114 cm³/mol. The van der Waals surface area contributed by atoms with Crippen molar-refractivity contribution in [1.29, 1.82) is 0 Å². The fourth-order valence-corrected chi connectivity index (χ4v) is 4.03. The molecule has 0 aliphatic rings. The van der Waals surface area contributed by atoms with Crippen molar-refractivity contribution in [2.75, 3.05) is 0 Å². The van der Waals surface area contributed by atoms with Gasteiger partial charge in [-0.1, -0.05) is 54.2 Å². The number of rotatable bonds is 6. The maximum atomic E-state index is 11.0. The van der Waals surface area contributed by atoms with Gasteiger partial charge in [0.15, 0.2) is 11.0 Å². The first-order valence-electron chi connectivity index (χ1n) is 9.06. The average Bonchev–Trinajstić information content (AvgIpc) is 3.18. The van der Waals surface area contributed by atoms with Gasteiger partial charge >= 0.3 is 0 Å². The standard InChI is InChI=1S/C22H18N4O2S/c1-16-7-5-6-8-18(16)15-29-22-24-23-21(25(22)19-9-3-2-4-10-19)17-11-13-20(14-12-17)26(27)28/h2-14H,15H2,1H3. The van der Waals surface area contributed by atoms with E-state index in [0.717, 1.165) is 22.2 Å². The van der Waals surface area contributed by atoms with Crippen LogP contribution >= 0.6 is 11.8 Å². The van der Waals surface area contributed by atoms with E-state index in [0.29, 0.717) is 5.82 Å². The summed E-state index contributed by atoms with van der Waals surface area (Å²) in [7, 11) is 0. The number of non-ortho nitro benzene ring substituents is 1. The molecule has 0 radical (unpaired) electrons. The Kier molecular flexibility index (Phi) is 5.39. The summed E-state index contributed by atoms with van der Waals surface area (Å²) in [5, 5.41) is 20.5. The monoisotopic (exact) mass is 402 g/mol. The van der Waals surface area contributed by atoms with E-state index in [2.05, 4.69) is 29.3 Å². The lowest BCUT2D eigenvalue weighted by atomic mass is 10.1. The van der Waals surface area contributed by atoms with Gasteiger partial charge in [0, 0.05) is 29.1 Å². The summed E-state index contributed by atoms with van der Waals surface area (Å²) in [6.45, 7) is 2.10. The van der Waals surface area contributed by atoms with Crippen LogP contribution in [0.4, 0.5) is 5.69 Å². The van der Waals surface area contributed by atoms with Gasteiger partial charge in [0.25, 0.3) is 5.69 Å². The number of nitrogens with zero attached hydrogens (tertiary/aromatic N) is 4. The molecule has 0 atom stereocenters. The Bertz CT molecular complexity index is 1140. The molecule has 0 saturated carbocycles. The fourth-order valence-electron chi connectivity index (χ4n) is 3.01. The molecule has 0 saturated heterocycles. The highest BCUT2D eigenvalue weighted by Crippen LogP contribution is 2.31. The Morgan fingerprint density at radius 2 is 1.62 bits per heavy atom. The van der Waals surface area contributed by atoms with Crippen molar-refractivity contribution < 1.29 is 4.92 Å². The van der Waals surface area contributed by atoms with Crippen LogP contribution in [0.5, 0.6) is 0 Å². The van der Waals surface area contributed by atoms with E-state index in [-0.39, 0.29) is 5.69 Å². The Hall–Kier alpha value is -3.45. The van der Waals surface area contributed by atoms with E-state index < -0.39 is 4.92 Å². The van der Waals surface area contributed by atoms with E-state index >= 15 is 0 Å². The second kappa shape index (κ2) is 8.28. The van der Waals surface area contributed by atoms with Gasteiger partial charge in [0.05, 0.1) is 4.92 Å². The van der Waals surface area contributed by atoms with Crippen LogP contribution in [0.1, 0.15) is 11.1 Å². The van der Waals surface area contributed by atoms with Gasteiger partial charge in [-0.3, -0.25) is 14.7 Å². The molecule has 144 valence electrons. The van der Waals surface area contributed by atoms with Crippen molar-refractivity contribution in [3.63, 3.8) is 0 Å². The quantitative estimate of drug-likeness (QED) is 0.244. The highest BCUT2D eigenvalue weighted by atomic mass is 32.2. The van der Waals surface area contributed by atoms with E-state index in [9.17, 15) is 10.1 Å². The van der Waals surface area contributed by atoms with Crippen LogP contribution < -0.4 is 0 Å². The zero-order valence-electron chi connectivity index (χ0n) is 15.7. The van der Waals surface area contributed by atoms with E-state index in [1.165, 1.54) is 23.3 Å². The van der Waals surface area contributed by atoms with Gasteiger partial charge in [0.1, 0.15) is 0 Å². The Morgan fingerprint density at radius 3 is 2.31 bits per heavy atom. The SMILES string of the molecule is Cc1ccccc1CSc1nnc(-c2ccc([N+](=O)[O-])cc2)n1-c1ccccc1. The normalized spacial score (nSPS) is 10.8. The first-order chi connectivity index (χ1) is 14.1. The largest absolute Gasteiger partial charge is 0.270 e. The van der Waals surface area contributed by atoms with Crippen molar-refractivity contribution in [2.24, 2.45) is 0 Å². The number of aromatic nitrogens is 3. The molecule has 4 aromatic rings. The van der Waals surface area contributed by atoms with Crippen LogP contribution in [0.25, 0.3) is 17.1 Å². The molecular weight excluding hydrogens is 384 g/mol. The van der Waals surface area contributed by atoms with Crippen LogP contribution in [-0.4, -0.2) is 19.7 Å². The molecule has 29 heavy (non-hydrogen) atoms. The third-order valence-electron chi connectivity index (χ3n) is 4.60. The summed E-state index contributed by atoms with van der Waals surface area (Å²) in [6.07, 6.45) is 0. The van der Waals surface area contributed by atoms with E-state index in [1.54, 1.807) is 23.9 Å². The molecule has 7 heteroatoms. The minimum atomic E-state index is -0.408. The molecule has 4 rings (SSSR count). The molecule has 0 unspecified atom stereocenters. The average molecular weight is 402 g/mol. The van der Waals surface area contributed by atoms with Crippen LogP contribution in [-0.2, 0) is 5.75 Å². The lowest BCUT2D eigenvalue weighted by molar-refractivity contribution is -0.384. The summed E-state index contributed by atoms with van der Waals surface area (Å²) < 4.78 is 1.99. The number of hydrogen-bond acceptors (Lipinski definition) is 5. The maximum Gasteiger partial charge on any atom is 0.269 e. The number of thioether (sulfide) groups is 1. The second-order valence-corrected chi connectivity index (χ2v) is 7.44. The van der Waals surface area contributed by atoms with Crippen molar-refractivity contribution in [2.45, 2.75) is 17.8 Å². The van der Waals surface area contributed by atoms with Crippen molar-refractivity contribution in [3.05, 3.63) is 100 Å². The summed E-state index contributed by atoms with van der Waals surface area (Å²) in [5.41, 5.74) is 4.25. The van der Waals surface area contributed by atoms with Crippen molar-refractivity contribution in [3.8, 4) is 17.1 Å². The van der Waals surface area contributed by atoms with Crippen LogP contribution in [0.15, 0.2) is 84.0 Å². The molecule has 0 fully saturated rings. The number of nitro benzene ring substituents is 1. The highest BCUT2D eigenvalue weighted by molar-refractivity contribution is 7.98. The smallest absolute Gasteiger partial charge is 0.269 e. The van der Waals surface area contributed by atoms with E-state index in [4.69, 9.17) is 0 Å². The molecule has 6 nitrogen and oxygen atoms in total. The molecule has 0 bridgehead atoms. The second-order valence-electron chi connectivity index (χ2n) is 6.50. The molecule has 0 spiro atoms. The summed E-state index contributed by atoms with van der Waals surface area (Å²) in [5.74, 6) is 1.43. The predicted octanol–water partition coefficient (Wildman–Crippen LogP) is 5.44. The third-order valence-corrected chi connectivity index (χ3v) is 5.58. The molecule has 0 amide bonds. The van der Waals surface area contributed by atoms with Gasteiger partial charge in [-0.25, -0.2) is 0 Å². The topological polar surface area (TPSA) is 73.8 Å². The molecule has 0 aliphatic heterocycles.